The van der Waals surface area contributed by atoms with Crippen LogP contribution in [0.1, 0.15) is 58.8 Å². The first kappa shape index (κ1) is 24.4. The Hall–Kier alpha value is -3.29. The maximum absolute atomic E-state index is 13.6. The van der Waals surface area contributed by atoms with E-state index in [1.165, 1.54) is 0 Å². The van der Waals surface area contributed by atoms with E-state index in [0.717, 1.165) is 40.1 Å². The van der Waals surface area contributed by atoms with Gasteiger partial charge in [0, 0.05) is 45.9 Å². The highest BCUT2D eigenvalue weighted by molar-refractivity contribution is 6.34. The van der Waals surface area contributed by atoms with E-state index in [1.807, 2.05) is 45.0 Å². The molecule has 184 valence electrons. The number of carbonyl (C=O) groups excluding carboxylic acids is 2. The minimum absolute atomic E-state index is 0.0930. The van der Waals surface area contributed by atoms with Gasteiger partial charge < -0.3 is 4.84 Å². The number of imide groups is 1. The van der Waals surface area contributed by atoms with Crippen LogP contribution in [-0.2, 0) is 15.2 Å². The van der Waals surface area contributed by atoms with E-state index >= 15 is 0 Å². The number of benzene rings is 2. The average molecular weight is 523 g/mol. The lowest BCUT2D eigenvalue weighted by atomic mass is 9.88. The number of carbonyl (C=O) groups is 2. The van der Waals surface area contributed by atoms with Gasteiger partial charge in [-0.3, -0.25) is 9.59 Å². The quantitative estimate of drug-likeness (QED) is 0.382. The molecule has 1 aromatic heterocycles. The predicted molar refractivity (Wildman–Crippen MR) is 139 cm³/mol. The maximum Gasteiger partial charge on any atom is 0.267 e. The van der Waals surface area contributed by atoms with Gasteiger partial charge in [-0.1, -0.05) is 34.4 Å². The number of oxime groups is 1. The Balaban J connectivity index is 1.41. The summed E-state index contributed by atoms with van der Waals surface area (Å²) in [6, 6.07) is 10.7. The van der Waals surface area contributed by atoms with Crippen molar-refractivity contribution in [3.8, 4) is 0 Å². The zero-order valence-electron chi connectivity index (χ0n) is 20.1. The largest absolute Gasteiger partial charge is 0.384 e. The molecule has 3 aromatic rings. The second-order valence-electron chi connectivity index (χ2n) is 9.54. The number of rotatable bonds is 5. The summed E-state index contributed by atoms with van der Waals surface area (Å²) in [6.45, 7) is 5.61. The van der Waals surface area contributed by atoms with Crippen LogP contribution in [0.5, 0.6) is 0 Å². The summed E-state index contributed by atoms with van der Waals surface area (Å²) in [4.78, 5) is 42.0. The number of anilines is 1. The molecule has 1 atom stereocenters. The van der Waals surface area contributed by atoms with Crippen LogP contribution in [0.15, 0.2) is 53.9 Å². The molecule has 0 N–H and O–H groups in total. The SMILES string of the molecule is Cc1cnc(N(C(=O)c2ccc(C3=NOC(C)(c4cc(Cl)cc(Cl)c4)C3)cc2C)C(=O)C2CC2)nc1. The number of amides is 2. The third-order valence-electron chi connectivity index (χ3n) is 6.44. The molecular formula is C27H24Cl2N4O3. The summed E-state index contributed by atoms with van der Waals surface area (Å²) >= 11 is 12.4. The first-order valence-corrected chi connectivity index (χ1v) is 12.4. The van der Waals surface area contributed by atoms with Crippen LogP contribution in [-0.4, -0.2) is 27.5 Å². The highest BCUT2D eigenvalue weighted by Gasteiger charge is 2.40. The van der Waals surface area contributed by atoms with E-state index in [4.69, 9.17) is 28.0 Å². The molecule has 7 nitrogen and oxygen atoms in total. The Morgan fingerprint density at radius 3 is 2.31 bits per heavy atom. The zero-order valence-corrected chi connectivity index (χ0v) is 21.6. The van der Waals surface area contributed by atoms with Crippen LogP contribution in [0.25, 0.3) is 0 Å². The number of hydrogen-bond donors (Lipinski definition) is 0. The summed E-state index contributed by atoms with van der Waals surface area (Å²) in [5.41, 5.74) is 3.63. The molecule has 0 spiro atoms. The maximum atomic E-state index is 13.6. The van der Waals surface area contributed by atoms with Crippen molar-refractivity contribution in [2.24, 2.45) is 11.1 Å². The second-order valence-corrected chi connectivity index (χ2v) is 10.4. The van der Waals surface area contributed by atoms with Crippen molar-refractivity contribution in [3.63, 3.8) is 0 Å². The van der Waals surface area contributed by atoms with Gasteiger partial charge in [-0.15, -0.1) is 0 Å². The van der Waals surface area contributed by atoms with Gasteiger partial charge in [-0.2, -0.15) is 0 Å². The highest BCUT2D eigenvalue weighted by Crippen LogP contribution is 2.38. The number of halogens is 2. The second kappa shape index (κ2) is 9.30. The Morgan fingerprint density at radius 2 is 1.69 bits per heavy atom. The van der Waals surface area contributed by atoms with Gasteiger partial charge in [0.05, 0.1) is 5.71 Å². The van der Waals surface area contributed by atoms with Crippen LogP contribution in [0.3, 0.4) is 0 Å². The molecule has 2 aromatic carbocycles. The van der Waals surface area contributed by atoms with Crippen molar-refractivity contribution >= 4 is 46.7 Å². The van der Waals surface area contributed by atoms with Gasteiger partial charge in [0.1, 0.15) is 0 Å². The van der Waals surface area contributed by atoms with Gasteiger partial charge in [-0.05, 0) is 80.6 Å². The monoisotopic (exact) mass is 522 g/mol. The van der Waals surface area contributed by atoms with E-state index in [2.05, 4.69) is 15.1 Å². The summed E-state index contributed by atoms with van der Waals surface area (Å²) in [5.74, 6) is -0.781. The molecular weight excluding hydrogens is 499 g/mol. The summed E-state index contributed by atoms with van der Waals surface area (Å²) in [5, 5.41) is 5.37. The molecule has 0 bridgehead atoms. The number of hydrogen-bond acceptors (Lipinski definition) is 6. The molecule has 0 saturated heterocycles. The van der Waals surface area contributed by atoms with Gasteiger partial charge in [0.25, 0.3) is 5.91 Å². The molecule has 9 heteroatoms. The van der Waals surface area contributed by atoms with E-state index in [9.17, 15) is 9.59 Å². The fourth-order valence-corrected chi connectivity index (χ4v) is 4.74. The lowest BCUT2D eigenvalue weighted by Gasteiger charge is -2.22. The van der Waals surface area contributed by atoms with Crippen LogP contribution in [0.4, 0.5) is 5.95 Å². The normalized spacial score (nSPS) is 19.0. The molecule has 1 aliphatic carbocycles. The molecule has 36 heavy (non-hydrogen) atoms. The molecule has 1 aliphatic heterocycles. The van der Waals surface area contributed by atoms with E-state index < -0.39 is 11.5 Å². The van der Waals surface area contributed by atoms with Crippen LogP contribution in [0, 0.1) is 19.8 Å². The van der Waals surface area contributed by atoms with Gasteiger partial charge in [0.15, 0.2) is 5.60 Å². The highest BCUT2D eigenvalue weighted by atomic mass is 35.5. The Morgan fingerprint density at radius 1 is 1.03 bits per heavy atom. The number of aromatic nitrogens is 2. The summed E-state index contributed by atoms with van der Waals surface area (Å²) in [6.07, 6.45) is 5.23. The third kappa shape index (κ3) is 4.73. The van der Waals surface area contributed by atoms with Crippen molar-refractivity contribution < 1.29 is 14.4 Å². The lowest BCUT2D eigenvalue weighted by molar-refractivity contribution is -0.119. The van der Waals surface area contributed by atoms with E-state index in [0.29, 0.717) is 27.6 Å². The Bertz CT molecular complexity index is 1380. The zero-order chi connectivity index (χ0) is 25.6. The number of nitrogens with zero attached hydrogens (tertiary/aromatic N) is 4. The molecule has 1 saturated carbocycles. The van der Waals surface area contributed by atoms with Crippen molar-refractivity contribution in [2.75, 3.05) is 4.90 Å². The molecule has 1 unspecified atom stereocenters. The van der Waals surface area contributed by atoms with Crippen molar-refractivity contribution in [1.29, 1.82) is 0 Å². The van der Waals surface area contributed by atoms with Crippen LogP contribution >= 0.6 is 23.2 Å². The smallest absolute Gasteiger partial charge is 0.267 e. The predicted octanol–water partition coefficient (Wildman–Crippen LogP) is 6.02. The standard InChI is InChI=1S/C27H24Cl2N4O3/c1-15-13-30-26(31-14-15)33(24(34)17-4-5-17)25(35)22-7-6-18(8-16(22)2)23-12-27(3,36-32-23)19-9-20(28)11-21(29)10-19/h6-11,13-14,17H,4-5,12H2,1-3H3. The van der Waals surface area contributed by atoms with Crippen molar-refractivity contribution in [2.45, 2.75) is 45.6 Å². The topological polar surface area (TPSA) is 84.8 Å². The van der Waals surface area contributed by atoms with Crippen molar-refractivity contribution in [3.05, 3.63) is 86.7 Å². The van der Waals surface area contributed by atoms with Crippen LogP contribution < -0.4 is 4.90 Å². The lowest BCUT2D eigenvalue weighted by Crippen LogP contribution is -2.39. The first-order valence-electron chi connectivity index (χ1n) is 11.6. The average Bonchev–Trinajstić information content (AvgIpc) is 3.61. The first-order chi connectivity index (χ1) is 17.1. The molecule has 5 rings (SSSR count). The van der Waals surface area contributed by atoms with E-state index in [-0.39, 0.29) is 17.8 Å². The minimum Gasteiger partial charge on any atom is -0.384 e. The molecule has 2 aliphatic rings. The molecule has 2 amide bonds. The van der Waals surface area contributed by atoms with Gasteiger partial charge >= 0.3 is 0 Å². The van der Waals surface area contributed by atoms with Gasteiger partial charge in [0.2, 0.25) is 11.9 Å². The van der Waals surface area contributed by atoms with E-state index in [1.54, 1.807) is 24.5 Å². The Labute approximate surface area is 219 Å². The van der Waals surface area contributed by atoms with Crippen LogP contribution in [0.2, 0.25) is 10.0 Å². The molecule has 1 fully saturated rings. The fraction of sp³-hybridized carbons (Fsp3) is 0.296. The number of aryl methyl sites for hydroxylation is 2. The summed E-state index contributed by atoms with van der Waals surface area (Å²) < 4.78 is 0. The molecule has 2 heterocycles. The fourth-order valence-electron chi connectivity index (χ4n) is 4.22. The summed E-state index contributed by atoms with van der Waals surface area (Å²) in [7, 11) is 0. The van der Waals surface area contributed by atoms with Gasteiger partial charge in [-0.25, -0.2) is 14.9 Å². The Kier molecular flexibility index (Phi) is 6.30. The molecule has 0 radical (unpaired) electrons. The minimum atomic E-state index is -0.720. The van der Waals surface area contributed by atoms with Crippen molar-refractivity contribution in [1.82, 2.24) is 9.97 Å². The third-order valence-corrected chi connectivity index (χ3v) is 6.88.